The largest absolute Gasteiger partial charge is 0.480 e. The van der Waals surface area contributed by atoms with Crippen LogP contribution in [0.3, 0.4) is 0 Å². The minimum Gasteiger partial charge on any atom is -0.480 e. The molecule has 1 heterocycles. The zero-order chi connectivity index (χ0) is 12.1. The predicted molar refractivity (Wildman–Crippen MR) is 61.3 cm³/mol. The smallest absolute Gasteiger partial charge is 0.320 e. The Bertz CT molecular complexity index is 235. The highest BCUT2D eigenvalue weighted by Gasteiger charge is 2.34. The number of hydrogen-bond donors (Lipinski definition) is 2. The summed E-state index contributed by atoms with van der Waals surface area (Å²) in [5.41, 5.74) is 5.71. The summed E-state index contributed by atoms with van der Waals surface area (Å²) in [5, 5.41) is 9.15. The number of likely N-dealkylation sites (tertiary alicyclic amines) is 1. The normalized spacial score (nSPS) is 28.9. The molecule has 5 nitrogen and oxygen atoms in total. The van der Waals surface area contributed by atoms with Crippen LogP contribution in [0.25, 0.3) is 0 Å². The van der Waals surface area contributed by atoms with Gasteiger partial charge in [-0.15, -0.1) is 0 Å². The lowest BCUT2D eigenvalue weighted by Crippen LogP contribution is -2.55. The Labute approximate surface area is 96.6 Å². The summed E-state index contributed by atoms with van der Waals surface area (Å²) < 4.78 is 5.32. The van der Waals surface area contributed by atoms with Crippen LogP contribution in [0.1, 0.15) is 26.2 Å². The third-order valence-corrected chi connectivity index (χ3v) is 3.39. The van der Waals surface area contributed by atoms with Crippen LogP contribution in [0.5, 0.6) is 0 Å². The van der Waals surface area contributed by atoms with Gasteiger partial charge in [0.25, 0.3) is 0 Å². The number of carboxylic acid groups (broad SMARTS) is 1. The van der Waals surface area contributed by atoms with Gasteiger partial charge in [0.2, 0.25) is 0 Å². The zero-order valence-corrected chi connectivity index (χ0v) is 10.1. The van der Waals surface area contributed by atoms with Gasteiger partial charge in [-0.05, 0) is 19.3 Å². The summed E-state index contributed by atoms with van der Waals surface area (Å²) in [6.45, 7) is 3.14. The Morgan fingerprint density at radius 3 is 2.81 bits per heavy atom. The van der Waals surface area contributed by atoms with Crippen molar-refractivity contribution in [3.05, 3.63) is 0 Å². The average molecular weight is 230 g/mol. The number of piperidine rings is 1. The lowest BCUT2D eigenvalue weighted by molar-refractivity contribution is -0.146. The Morgan fingerprint density at radius 2 is 2.38 bits per heavy atom. The van der Waals surface area contributed by atoms with Crippen molar-refractivity contribution in [1.82, 2.24) is 4.90 Å². The lowest BCUT2D eigenvalue weighted by Gasteiger charge is -2.41. The lowest BCUT2D eigenvalue weighted by atomic mass is 9.96. The maximum absolute atomic E-state index is 11.1. The topological polar surface area (TPSA) is 75.8 Å². The number of methoxy groups -OCH3 is 1. The van der Waals surface area contributed by atoms with Crippen LogP contribution in [-0.4, -0.2) is 54.4 Å². The van der Waals surface area contributed by atoms with Gasteiger partial charge in [-0.2, -0.15) is 0 Å². The van der Waals surface area contributed by atoms with Gasteiger partial charge in [-0.25, -0.2) is 0 Å². The fourth-order valence-electron chi connectivity index (χ4n) is 2.44. The third-order valence-electron chi connectivity index (χ3n) is 3.39. The molecule has 1 rings (SSSR count). The number of carbonyl (C=O) groups is 1. The monoisotopic (exact) mass is 230 g/mol. The quantitative estimate of drug-likeness (QED) is 0.710. The summed E-state index contributed by atoms with van der Waals surface area (Å²) in [6.07, 6.45) is 2.55. The zero-order valence-electron chi connectivity index (χ0n) is 10.1. The van der Waals surface area contributed by atoms with Crippen LogP contribution >= 0.6 is 0 Å². The highest BCUT2D eigenvalue weighted by atomic mass is 16.5. The van der Waals surface area contributed by atoms with Gasteiger partial charge in [-0.1, -0.05) is 6.92 Å². The summed E-state index contributed by atoms with van der Waals surface area (Å²) in [6, 6.07) is -0.286. The van der Waals surface area contributed by atoms with Gasteiger partial charge in [0.15, 0.2) is 0 Å². The first-order valence-electron chi connectivity index (χ1n) is 5.85. The molecule has 0 aliphatic carbocycles. The number of nitrogens with two attached hydrogens (primary N) is 1. The van der Waals surface area contributed by atoms with Gasteiger partial charge in [0.05, 0.1) is 6.10 Å². The second kappa shape index (κ2) is 6.18. The van der Waals surface area contributed by atoms with Crippen molar-refractivity contribution >= 4 is 5.97 Å². The molecule has 3 atom stereocenters. The molecule has 16 heavy (non-hydrogen) atoms. The molecule has 0 amide bonds. The van der Waals surface area contributed by atoms with E-state index in [1.807, 2.05) is 11.8 Å². The first kappa shape index (κ1) is 13.4. The van der Waals surface area contributed by atoms with Crippen molar-refractivity contribution in [2.45, 2.75) is 44.4 Å². The first-order valence-corrected chi connectivity index (χ1v) is 5.85. The van der Waals surface area contributed by atoms with E-state index in [4.69, 9.17) is 15.6 Å². The highest BCUT2D eigenvalue weighted by Crippen LogP contribution is 2.22. The number of ether oxygens (including phenoxy) is 1. The van der Waals surface area contributed by atoms with Crippen LogP contribution in [-0.2, 0) is 9.53 Å². The molecule has 1 aliphatic rings. The van der Waals surface area contributed by atoms with E-state index < -0.39 is 12.0 Å². The molecule has 1 saturated heterocycles. The molecule has 0 aromatic heterocycles. The highest BCUT2D eigenvalue weighted by molar-refractivity contribution is 5.73. The SMILES string of the molecule is CCC(C(=O)O)N1CCC(OC)CC1CN. The van der Waals surface area contributed by atoms with E-state index in [2.05, 4.69) is 0 Å². The molecule has 0 saturated carbocycles. The molecule has 1 fully saturated rings. The maximum atomic E-state index is 11.1. The predicted octanol–water partition coefficient (Wildman–Crippen LogP) is 0.288. The van der Waals surface area contributed by atoms with Gasteiger partial charge >= 0.3 is 5.97 Å². The van der Waals surface area contributed by atoms with E-state index in [1.54, 1.807) is 7.11 Å². The fraction of sp³-hybridized carbons (Fsp3) is 0.909. The maximum Gasteiger partial charge on any atom is 0.320 e. The molecule has 1 aliphatic heterocycles. The Morgan fingerprint density at radius 1 is 1.69 bits per heavy atom. The summed E-state index contributed by atoms with van der Waals surface area (Å²) in [5.74, 6) is -0.753. The van der Waals surface area contributed by atoms with Gasteiger partial charge in [0, 0.05) is 26.2 Å². The van der Waals surface area contributed by atoms with Crippen LogP contribution < -0.4 is 5.73 Å². The first-order chi connectivity index (χ1) is 7.63. The van der Waals surface area contributed by atoms with Crippen molar-refractivity contribution in [2.75, 3.05) is 20.2 Å². The molecule has 3 N–H and O–H groups in total. The minimum absolute atomic E-state index is 0.125. The van der Waals surface area contributed by atoms with E-state index >= 15 is 0 Å². The second-order valence-electron chi connectivity index (χ2n) is 4.27. The summed E-state index contributed by atoms with van der Waals surface area (Å²) in [7, 11) is 1.70. The molecular formula is C11H22N2O3. The summed E-state index contributed by atoms with van der Waals surface area (Å²) >= 11 is 0. The molecule has 0 radical (unpaired) electrons. The van der Waals surface area contributed by atoms with Gasteiger partial charge in [-0.3, -0.25) is 9.69 Å². The van der Waals surface area contributed by atoms with Gasteiger partial charge in [0.1, 0.15) is 6.04 Å². The third kappa shape index (κ3) is 2.93. The fourth-order valence-corrected chi connectivity index (χ4v) is 2.44. The number of hydrogen-bond acceptors (Lipinski definition) is 4. The molecule has 0 aromatic carbocycles. The Hall–Kier alpha value is -0.650. The molecule has 0 bridgehead atoms. The van der Waals surface area contributed by atoms with Crippen LogP contribution in [0, 0.1) is 0 Å². The molecule has 3 unspecified atom stereocenters. The van der Waals surface area contributed by atoms with E-state index in [-0.39, 0.29) is 12.1 Å². The second-order valence-corrected chi connectivity index (χ2v) is 4.27. The van der Waals surface area contributed by atoms with Crippen molar-refractivity contribution < 1.29 is 14.6 Å². The molecular weight excluding hydrogens is 208 g/mol. The summed E-state index contributed by atoms with van der Waals surface area (Å²) in [4.78, 5) is 13.1. The number of carboxylic acids is 1. The van der Waals surface area contributed by atoms with Crippen LogP contribution in [0.2, 0.25) is 0 Å². The standard InChI is InChI=1S/C11H22N2O3/c1-3-10(11(14)15)13-5-4-9(16-2)6-8(13)7-12/h8-10H,3-7,12H2,1-2H3,(H,14,15). The van der Waals surface area contributed by atoms with Crippen LogP contribution in [0.15, 0.2) is 0 Å². The van der Waals surface area contributed by atoms with Crippen molar-refractivity contribution in [2.24, 2.45) is 5.73 Å². The number of nitrogens with zero attached hydrogens (tertiary/aromatic N) is 1. The van der Waals surface area contributed by atoms with E-state index in [1.165, 1.54) is 0 Å². The minimum atomic E-state index is -0.753. The number of rotatable bonds is 5. The Balaban J connectivity index is 2.68. The Kier molecular flexibility index (Phi) is 5.18. The van der Waals surface area contributed by atoms with Crippen molar-refractivity contribution in [1.29, 1.82) is 0 Å². The van der Waals surface area contributed by atoms with Crippen molar-refractivity contribution in [3.8, 4) is 0 Å². The van der Waals surface area contributed by atoms with E-state index in [0.717, 1.165) is 19.4 Å². The van der Waals surface area contributed by atoms with Crippen LogP contribution in [0.4, 0.5) is 0 Å². The molecule has 0 aromatic rings. The van der Waals surface area contributed by atoms with Crippen molar-refractivity contribution in [3.63, 3.8) is 0 Å². The average Bonchev–Trinajstić information content (AvgIpc) is 2.29. The molecule has 5 heteroatoms. The van der Waals surface area contributed by atoms with Gasteiger partial charge < -0.3 is 15.6 Å². The molecule has 0 spiro atoms. The molecule has 94 valence electrons. The van der Waals surface area contributed by atoms with E-state index in [0.29, 0.717) is 13.0 Å². The van der Waals surface area contributed by atoms with E-state index in [9.17, 15) is 4.79 Å². The number of aliphatic carboxylic acids is 1.